The number of hydrogen-bond acceptors (Lipinski definition) is 3. The van der Waals surface area contributed by atoms with Crippen molar-refractivity contribution >= 4 is 23.1 Å². The van der Waals surface area contributed by atoms with Crippen LogP contribution in [0.5, 0.6) is 5.75 Å². The Morgan fingerprint density at radius 3 is 2.40 bits per heavy atom. The van der Waals surface area contributed by atoms with Crippen LogP contribution in [0.2, 0.25) is 0 Å². The average Bonchev–Trinajstić information content (AvgIpc) is 2.66. The number of rotatable bonds is 7. The number of ether oxygens (including phenoxy) is 2. The second-order valence-electron chi connectivity index (χ2n) is 5.85. The lowest BCUT2D eigenvalue weighted by Crippen LogP contribution is -2.14. The Balaban J connectivity index is 2.26. The second kappa shape index (κ2) is 9.42. The van der Waals surface area contributed by atoms with Crippen molar-refractivity contribution in [2.24, 2.45) is 0 Å². The zero-order valence-electron chi connectivity index (χ0n) is 15.5. The highest BCUT2D eigenvalue weighted by atomic mass is 32.1. The summed E-state index contributed by atoms with van der Waals surface area (Å²) in [6, 6.07) is 12.6. The standard InChI is InChI=1S/C21H27NO2S/c1-5-15-11-12-20(17(7-3)13-15)24-14-18-16(6-2)9-8-10-19(18)22-21(25)23-4/h8-13H,5-7,14H2,1-4H3,(H,22,25). The number of methoxy groups -OCH3 is 1. The van der Waals surface area contributed by atoms with Crippen LogP contribution in [0, 0.1) is 0 Å². The molecule has 0 saturated heterocycles. The minimum atomic E-state index is 0.357. The van der Waals surface area contributed by atoms with E-state index in [9.17, 15) is 0 Å². The zero-order valence-corrected chi connectivity index (χ0v) is 16.3. The third-order valence-corrected chi connectivity index (χ3v) is 4.63. The van der Waals surface area contributed by atoms with Gasteiger partial charge in [-0.05, 0) is 60.3 Å². The molecule has 4 heteroatoms. The Bertz CT molecular complexity index is 728. The van der Waals surface area contributed by atoms with E-state index in [-0.39, 0.29) is 0 Å². The third-order valence-electron chi connectivity index (χ3n) is 4.36. The fourth-order valence-corrected chi connectivity index (χ4v) is 2.94. The van der Waals surface area contributed by atoms with Gasteiger partial charge in [-0.3, -0.25) is 0 Å². The molecule has 0 fully saturated rings. The van der Waals surface area contributed by atoms with Crippen molar-refractivity contribution in [3.63, 3.8) is 0 Å². The third kappa shape index (κ3) is 4.95. The van der Waals surface area contributed by atoms with Crippen LogP contribution in [0.1, 0.15) is 43.0 Å². The van der Waals surface area contributed by atoms with Crippen LogP contribution >= 0.6 is 12.2 Å². The van der Waals surface area contributed by atoms with Crippen molar-refractivity contribution in [2.75, 3.05) is 12.4 Å². The topological polar surface area (TPSA) is 30.5 Å². The number of benzene rings is 2. The molecule has 2 rings (SSSR count). The van der Waals surface area contributed by atoms with Crippen LogP contribution in [-0.4, -0.2) is 12.3 Å². The molecule has 0 radical (unpaired) electrons. The van der Waals surface area contributed by atoms with Gasteiger partial charge in [0.15, 0.2) is 0 Å². The highest BCUT2D eigenvalue weighted by molar-refractivity contribution is 7.80. The molecule has 0 saturated carbocycles. The summed E-state index contributed by atoms with van der Waals surface area (Å²) in [5, 5.41) is 3.50. The quantitative estimate of drug-likeness (QED) is 0.682. The van der Waals surface area contributed by atoms with E-state index in [1.165, 1.54) is 16.7 Å². The van der Waals surface area contributed by atoms with Gasteiger partial charge in [-0.25, -0.2) is 0 Å². The summed E-state index contributed by atoms with van der Waals surface area (Å²) in [7, 11) is 1.57. The molecule has 0 bridgehead atoms. The Morgan fingerprint density at radius 2 is 1.76 bits per heavy atom. The fourth-order valence-electron chi connectivity index (χ4n) is 2.83. The largest absolute Gasteiger partial charge is 0.489 e. The van der Waals surface area contributed by atoms with Crippen LogP contribution in [-0.2, 0) is 30.6 Å². The van der Waals surface area contributed by atoms with Crippen molar-refractivity contribution in [3.8, 4) is 5.75 Å². The molecular weight excluding hydrogens is 330 g/mol. The predicted octanol–water partition coefficient (Wildman–Crippen LogP) is 5.30. The second-order valence-corrected chi connectivity index (χ2v) is 6.22. The molecule has 0 atom stereocenters. The molecule has 25 heavy (non-hydrogen) atoms. The van der Waals surface area contributed by atoms with Crippen LogP contribution in [0.3, 0.4) is 0 Å². The molecule has 2 aromatic rings. The summed E-state index contributed by atoms with van der Waals surface area (Å²) in [5.41, 5.74) is 5.88. The lowest BCUT2D eigenvalue weighted by molar-refractivity contribution is 0.302. The van der Waals surface area contributed by atoms with Gasteiger partial charge in [0, 0.05) is 11.3 Å². The van der Waals surface area contributed by atoms with E-state index in [4.69, 9.17) is 21.7 Å². The molecule has 0 aliphatic heterocycles. The molecule has 0 unspecified atom stereocenters. The van der Waals surface area contributed by atoms with E-state index in [0.29, 0.717) is 11.8 Å². The van der Waals surface area contributed by atoms with E-state index >= 15 is 0 Å². The summed E-state index contributed by atoms with van der Waals surface area (Å²) >= 11 is 5.15. The molecule has 0 heterocycles. The molecule has 134 valence electrons. The first kappa shape index (κ1) is 19.3. The van der Waals surface area contributed by atoms with Crippen molar-refractivity contribution < 1.29 is 9.47 Å². The fraction of sp³-hybridized carbons (Fsp3) is 0.381. The lowest BCUT2D eigenvalue weighted by Gasteiger charge is -2.18. The molecule has 0 aliphatic carbocycles. The maximum Gasteiger partial charge on any atom is 0.260 e. The van der Waals surface area contributed by atoms with E-state index in [1.54, 1.807) is 7.11 Å². The molecule has 3 nitrogen and oxygen atoms in total. The van der Waals surface area contributed by atoms with E-state index in [0.717, 1.165) is 36.3 Å². The Labute approximate surface area is 156 Å². The number of hydrogen-bond donors (Lipinski definition) is 1. The number of nitrogens with one attached hydrogen (secondary N) is 1. The van der Waals surface area contributed by atoms with Gasteiger partial charge in [-0.2, -0.15) is 0 Å². The molecular formula is C21H27NO2S. The summed E-state index contributed by atoms with van der Waals surface area (Å²) in [5.74, 6) is 0.950. The summed E-state index contributed by atoms with van der Waals surface area (Å²) < 4.78 is 11.3. The highest BCUT2D eigenvalue weighted by Crippen LogP contribution is 2.26. The molecule has 2 aromatic carbocycles. The van der Waals surface area contributed by atoms with Crippen LogP contribution in [0.15, 0.2) is 36.4 Å². The van der Waals surface area contributed by atoms with Gasteiger partial charge in [0.05, 0.1) is 7.11 Å². The Kier molecular flexibility index (Phi) is 7.26. The Hall–Kier alpha value is -2.07. The maximum atomic E-state index is 6.19. The van der Waals surface area contributed by atoms with Gasteiger partial charge >= 0.3 is 0 Å². The molecule has 0 spiro atoms. The van der Waals surface area contributed by atoms with Gasteiger partial charge < -0.3 is 14.8 Å². The molecule has 0 amide bonds. The monoisotopic (exact) mass is 357 g/mol. The van der Waals surface area contributed by atoms with E-state index < -0.39 is 0 Å². The van der Waals surface area contributed by atoms with Crippen molar-refractivity contribution in [3.05, 3.63) is 58.7 Å². The van der Waals surface area contributed by atoms with Crippen LogP contribution < -0.4 is 10.1 Å². The lowest BCUT2D eigenvalue weighted by atomic mass is 10.0. The molecule has 0 aromatic heterocycles. The normalized spacial score (nSPS) is 10.4. The zero-order chi connectivity index (χ0) is 18.2. The van der Waals surface area contributed by atoms with E-state index in [2.05, 4.69) is 50.4 Å². The first-order valence-electron chi connectivity index (χ1n) is 8.83. The van der Waals surface area contributed by atoms with E-state index in [1.807, 2.05) is 12.1 Å². The number of thiocarbonyl (C=S) groups is 1. The van der Waals surface area contributed by atoms with Gasteiger partial charge in [-0.15, -0.1) is 0 Å². The van der Waals surface area contributed by atoms with Gasteiger partial charge in [0.2, 0.25) is 0 Å². The van der Waals surface area contributed by atoms with Gasteiger partial charge in [0.1, 0.15) is 12.4 Å². The smallest absolute Gasteiger partial charge is 0.260 e. The average molecular weight is 358 g/mol. The van der Waals surface area contributed by atoms with Crippen molar-refractivity contribution in [2.45, 2.75) is 46.6 Å². The summed E-state index contributed by atoms with van der Waals surface area (Å²) in [6.45, 7) is 6.97. The van der Waals surface area contributed by atoms with Gasteiger partial charge in [-0.1, -0.05) is 45.0 Å². The summed E-state index contributed by atoms with van der Waals surface area (Å²) in [6.07, 6.45) is 2.93. The number of aryl methyl sites for hydroxylation is 3. The molecule has 1 N–H and O–H groups in total. The van der Waals surface area contributed by atoms with Crippen molar-refractivity contribution in [1.82, 2.24) is 0 Å². The SMILES string of the molecule is CCc1ccc(OCc2c(CC)cccc2NC(=S)OC)c(CC)c1. The molecule has 0 aliphatic rings. The van der Waals surface area contributed by atoms with Crippen LogP contribution in [0.4, 0.5) is 5.69 Å². The van der Waals surface area contributed by atoms with Crippen LogP contribution in [0.25, 0.3) is 0 Å². The number of anilines is 1. The highest BCUT2D eigenvalue weighted by Gasteiger charge is 2.11. The summed E-state index contributed by atoms with van der Waals surface area (Å²) in [4.78, 5) is 0. The van der Waals surface area contributed by atoms with Gasteiger partial charge in [0.25, 0.3) is 5.17 Å². The first-order chi connectivity index (χ1) is 12.1. The maximum absolute atomic E-state index is 6.19. The Morgan fingerprint density at radius 1 is 1.00 bits per heavy atom. The predicted molar refractivity (Wildman–Crippen MR) is 109 cm³/mol. The first-order valence-corrected chi connectivity index (χ1v) is 9.24. The van der Waals surface area contributed by atoms with Crippen molar-refractivity contribution in [1.29, 1.82) is 0 Å². The minimum absolute atomic E-state index is 0.357. The minimum Gasteiger partial charge on any atom is -0.489 e.